The zero-order valence-corrected chi connectivity index (χ0v) is 14.1. The van der Waals surface area contributed by atoms with Gasteiger partial charge in [-0.1, -0.05) is 0 Å². The number of esters is 2. The Hall–Kier alpha value is -1.22. The number of rotatable bonds is 10. The lowest BCUT2D eigenvalue weighted by Gasteiger charge is -2.31. The topological polar surface area (TPSA) is 134 Å². The smallest absolute Gasteiger partial charge is 0.311 e. The number of aliphatic hydroxyl groups excluding tert-OH is 4. The summed E-state index contributed by atoms with van der Waals surface area (Å²) in [5.74, 6) is -1.22. The average molecular weight is 336 g/mol. The monoisotopic (exact) mass is 336 g/mol. The molecule has 0 aromatic carbocycles. The summed E-state index contributed by atoms with van der Waals surface area (Å²) >= 11 is 0. The van der Waals surface area contributed by atoms with Gasteiger partial charge in [-0.25, -0.2) is 0 Å². The van der Waals surface area contributed by atoms with E-state index in [1.54, 1.807) is 27.7 Å². The Morgan fingerprint density at radius 3 is 1.39 bits per heavy atom. The van der Waals surface area contributed by atoms with Crippen LogP contribution in [0.15, 0.2) is 0 Å². The Kier molecular flexibility index (Phi) is 8.68. The summed E-state index contributed by atoms with van der Waals surface area (Å²) in [5.41, 5.74) is -2.04. The predicted molar refractivity (Wildman–Crippen MR) is 80.3 cm³/mol. The summed E-state index contributed by atoms with van der Waals surface area (Å²) in [6.45, 7) is 4.70. The Labute approximate surface area is 136 Å². The summed E-state index contributed by atoms with van der Waals surface area (Å²) in [4.78, 5) is 24.1. The van der Waals surface area contributed by atoms with Gasteiger partial charge in [-0.2, -0.15) is 0 Å². The van der Waals surface area contributed by atoms with Gasteiger partial charge in [0.15, 0.2) is 0 Å². The van der Waals surface area contributed by atoms with Crippen molar-refractivity contribution >= 4 is 11.9 Å². The maximum atomic E-state index is 12.1. The minimum absolute atomic E-state index is 0.113. The molecule has 8 heteroatoms. The Morgan fingerprint density at radius 2 is 1.13 bits per heavy atom. The molecule has 0 saturated heterocycles. The first kappa shape index (κ1) is 21.8. The maximum Gasteiger partial charge on any atom is 0.311 e. The van der Waals surface area contributed by atoms with Crippen molar-refractivity contribution in [2.75, 3.05) is 26.4 Å². The van der Waals surface area contributed by atoms with Crippen LogP contribution in [0.5, 0.6) is 0 Å². The molecule has 0 aromatic heterocycles. The minimum atomic E-state index is -1.15. The molecule has 23 heavy (non-hydrogen) atoms. The van der Waals surface area contributed by atoms with Crippen molar-refractivity contribution in [2.24, 2.45) is 10.8 Å². The van der Waals surface area contributed by atoms with Gasteiger partial charge in [0.25, 0.3) is 0 Å². The molecule has 2 atom stereocenters. The summed E-state index contributed by atoms with van der Waals surface area (Å²) in [5, 5.41) is 35.8. The van der Waals surface area contributed by atoms with Gasteiger partial charge in [0.05, 0.1) is 24.0 Å². The Bertz CT molecular complexity index is 355. The molecule has 0 fully saturated rings. The van der Waals surface area contributed by atoms with Crippen molar-refractivity contribution in [1.82, 2.24) is 0 Å². The molecule has 136 valence electrons. The van der Waals surface area contributed by atoms with Crippen LogP contribution in [0, 0.1) is 10.8 Å². The van der Waals surface area contributed by atoms with Crippen molar-refractivity contribution < 1.29 is 39.5 Å². The fraction of sp³-hybridized carbons (Fsp3) is 0.867. The lowest BCUT2D eigenvalue weighted by atomic mass is 9.75. The van der Waals surface area contributed by atoms with E-state index in [-0.39, 0.29) is 19.6 Å². The van der Waals surface area contributed by atoms with Gasteiger partial charge < -0.3 is 29.9 Å². The first-order valence-electron chi connectivity index (χ1n) is 7.38. The number of ether oxygens (including phenoxy) is 2. The molecule has 0 aliphatic heterocycles. The van der Waals surface area contributed by atoms with Crippen LogP contribution in [-0.4, -0.2) is 71.0 Å². The van der Waals surface area contributed by atoms with E-state index in [4.69, 9.17) is 19.7 Å². The quantitative estimate of drug-likeness (QED) is 0.382. The fourth-order valence-corrected chi connectivity index (χ4v) is 2.09. The highest BCUT2D eigenvalue weighted by Gasteiger charge is 2.41. The standard InChI is InChI=1S/C15H28O8/c1-14(2,12(20)22-7-10(18)5-16)9-15(3,4)13(21)23-8-11(19)6-17/h10-11,16-19H,5-9H2,1-4H3. The zero-order chi connectivity index (χ0) is 18.3. The molecule has 4 N–H and O–H groups in total. The molecule has 0 amide bonds. The van der Waals surface area contributed by atoms with E-state index in [1.165, 1.54) is 0 Å². The molecule has 0 aliphatic rings. The number of carbonyl (C=O) groups is 2. The first-order chi connectivity index (χ1) is 10.5. The molecule has 0 saturated carbocycles. The zero-order valence-electron chi connectivity index (χ0n) is 14.1. The van der Waals surface area contributed by atoms with E-state index >= 15 is 0 Å². The van der Waals surface area contributed by atoms with Crippen LogP contribution in [0.4, 0.5) is 0 Å². The average Bonchev–Trinajstić information content (AvgIpc) is 2.47. The molecule has 0 heterocycles. The van der Waals surface area contributed by atoms with Gasteiger partial charge in [0.2, 0.25) is 0 Å². The third-order valence-corrected chi connectivity index (χ3v) is 3.22. The van der Waals surface area contributed by atoms with Gasteiger partial charge in [-0.05, 0) is 34.1 Å². The van der Waals surface area contributed by atoms with Crippen molar-refractivity contribution in [2.45, 2.75) is 46.3 Å². The molecule has 2 unspecified atom stereocenters. The molecule has 0 rings (SSSR count). The van der Waals surface area contributed by atoms with Crippen molar-refractivity contribution in [3.63, 3.8) is 0 Å². The van der Waals surface area contributed by atoms with Crippen LogP contribution in [0.3, 0.4) is 0 Å². The number of hydrogen-bond donors (Lipinski definition) is 4. The molecular formula is C15H28O8. The number of aliphatic hydroxyl groups is 4. The van der Waals surface area contributed by atoms with E-state index in [1.807, 2.05) is 0 Å². The van der Waals surface area contributed by atoms with Gasteiger partial charge in [-0.15, -0.1) is 0 Å². The third-order valence-electron chi connectivity index (χ3n) is 3.22. The summed E-state index contributed by atoms with van der Waals surface area (Å²) < 4.78 is 9.85. The minimum Gasteiger partial charge on any atom is -0.462 e. The van der Waals surface area contributed by atoms with Crippen LogP contribution in [-0.2, 0) is 19.1 Å². The third kappa shape index (κ3) is 7.74. The molecule has 0 radical (unpaired) electrons. The second-order valence-corrected chi connectivity index (χ2v) is 6.81. The molecule has 0 aliphatic carbocycles. The largest absolute Gasteiger partial charge is 0.462 e. The number of hydrogen-bond acceptors (Lipinski definition) is 8. The molecule has 0 aromatic rings. The summed E-state index contributed by atoms with van der Waals surface area (Å²) in [6, 6.07) is 0. The van der Waals surface area contributed by atoms with Gasteiger partial charge in [-0.3, -0.25) is 9.59 Å². The van der Waals surface area contributed by atoms with Crippen LogP contribution < -0.4 is 0 Å². The van der Waals surface area contributed by atoms with Crippen molar-refractivity contribution in [1.29, 1.82) is 0 Å². The van der Waals surface area contributed by atoms with E-state index in [0.29, 0.717) is 0 Å². The first-order valence-corrected chi connectivity index (χ1v) is 7.38. The lowest BCUT2D eigenvalue weighted by molar-refractivity contribution is -0.165. The van der Waals surface area contributed by atoms with Gasteiger partial charge >= 0.3 is 11.9 Å². The summed E-state index contributed by atoms with van der Waals surface area (Å²) in [7, 11) is 0. The van der Waals surface area contributed by atoms with Crippen LogP contribution in [0.2, 0.25) is 0 Å². The molecule has 0 spiro atoms. The second-order valence-electron chi connectivity index (χ2n) is 6.81. The molecular weight excluding hydrogens is 308 g/mol. The van der Waals surface area contributed by atoms with Gasteiger partial charge in [0.1, 0.15) is 25.4 Å². The normalized spacial score (nSPS) is 15.0. The van der Waals surface area contributed by atoms with Crippen molar-refractivity contribution in [3.05, 3.63) is 0 Å². The van der Waals surface area contributed by atoms with Crippen LogP contribution in [0.1, 0.15) is 34.1 Å². The van der Waals surface area contributed by atoms with Crippen LogP contribution >= 0.6 is 0 Å². The second kappa shape index (κ2) is 9.17. The SMILES string of the molecule is CC(C)(CC(C)(C)C(=O)OCC(O)CO)C(=O)OCC(O)CO. The van der Waals surface area contributed by atoms with Crippen molar-refractivity contribution in [3.8, 4) is 0 Å². The van der Waals surface area contributed by atoms with Crippen LogP contribution in [0.25, 0.3) is 0 Å². The fourth-order valence-electron chi connectivity index (χ4n) is 2.09. The van der Waals surface area contributed by atoms with E-state index < -0.39 is 48.2 Å². The lowest BCUT2D eigenvalue weighted by Crippen LogP contribution is -2.39. The molecule has 8 nitrogen and oxygen atoms in total. The van der Waals surface area contributed by atoms with E-state index in [2.05, 4.69) is 0 Å². The highest BCUT2D eigenvalue weighted by atomic mass is 16.5. The number of carbonyl (C=O) groups excluding carboxylic acids is 2. The highest BCUT2D eigenvalue weighted by Crippen LogP contribution is 2.35. The highest BCUT2D eigenvalue weighted by molar-refractivity contribution is 5.80. The maximum absolute atomic E-state index is 12.1. The summed E-state index contributed by atoms with van der Waals surface area (Å²) in [6.07, 6.45) is -2.18. The predicted octanol–water partition coefficient (Wildman–Crippen LogP) is -0.778. The Balaban J connectivity index is 4.65. The molecule has 0 bridgehead atoms. The van der Waals surface area contributed by atoms with E-state index in [0.717, 1.165) is 0 Å². The van der Waals surface area contributed by atoms with E-state index in [9.17, 15) is 19.8 Å². The van der Waals surface area contributed by atoms with Gasteiger partial charge in [0, 0.05) is 0 Å². The Morgan fingerprint density at radius 1 is 0.826 bits per heavy atom.